The van der Waals surface area contributed by atoms with E-state index in [0.29, 0.717) is 16.9 Å². The molecule has 4 nitrogen and oxygen atoms in total. The van der Waals surface area contributed by atoms with Crippen LogP contribution in [0.3, 0.4) is 0 Å². The third-order valence-electron chi connectivity index (χ3n) is 2.95. The first-order valence-electron chi connectivity index (χ1n) is 6.37. The van der Waals surface area contributed by atoms with Crippen LogP contribution in [0, 0.1) is 6.92 Å². The van der Waals surface area contributed by atoms with Gasteiger partial charge in [-0.2, -0.15) is 5.10 Å². The van der Waals surface area contributed by atoms with Crippen LogP contribution in [0.15, 0.2) is 30.6 Å². The van der Waals surface area contributed by atoms with E-state index in [2.05, 4.69) is 12.0 Å². The SMILES string of the molecule is CCCn1cc(C(=O)c2cc(C)ccc2OC)cn1. The molecule has 2 aromatic rings. The minimum absolute atomic E-state index is 0.0529. The maximum Gasteiger partial charge on any atom is 0.199 e. The molecule has 0 unspecified atom stereocenters. The molecule has 2 rings (SSSR count). The number of carbonyl (C=O) groups excluding carboxylic acids is 1. The van der Waals surface area contributed by atoms with Crippen molar-refractivity contribution in [3.8, 4) is 5.75 Å². The lowest BCUT2D eigenvalue weighted by atomic mass is 10.0. The summed E-state index contributed by atoms with van der Waals surface area (Å²) in [6.07, 6.45) is 4.39. The van der Waals surface area contributed by atoms with Crippen LogP contribution in [-0.2, 0) is 6.54 Å². The monoisotopic (exact) mass is 258 g/mol. The Kier molecular flexibility index (Phi) is 4.00. The number of ketones is 1. The summed E-state index contributed by atoms with van der Waals surface area (Å²) in [6.45, 7) is 4.85. The summed E-state index contributed by atoms with van der Waals surface area (Å²) in [7, 11) is 1.57. The van der Waals surface area contributed by atoms with Crippen molar-refractivity contribution in [1.29, 1.82) is 0 Å². The van der Waals surface area contributed by atoms with Gasteiger partial charge in [-0.1, -0.05) is 18.6 Å². The zero-order chi connectivity index (χ0) is 13.8. The van der Waals surface area contributed by atoms with Crippen molar-refractivity contribution in [1.82, 2.24) is 9.78 Å². The Balaban J connectivity index is 2.34. The summed E-state index contributed by atoms with van der Waals surface area (Å²) in [6, 6.07) is 5.59. The van der Waals surface area contributed by atoms with Crippen LogP contribution in [0.2, 0.25) is 0 Å². The smallest absolute Gasteiger partial charge is 0.199 e. The molecule has 0 aliphatic rings. The van der Waals surface area contributed by atoms with E-state index in [1.165, 1.54) is 0 Å². The van der Waals surface area contributed by atoms with Gasteiger partial charge in [0.25, 0.3) is 0 Å². The number of nitrogens with zero attached hydrogens (tertiary/aromatic N) is 2. The number of aromatic nitrogens is 2. The van der Waals surface area contributed by atoms with Gasteiger partial charge in [-0.25, -0.2) is 0 Å². The predicted molar refractivity (Wildman–Crippen MR) is 73.7 cm³/mol. The average Bonchev–Trinajstić information content (AvgIpc) is 2.87. The largest absolute Gasteiger partial charge is 0.496 e. The van der Waals surface area contributed by atoms with E-state index in [4.69, 9.17) is 4.74 Å². The van der Waals surface area contributed by atoms with Crippen molar-refractivity contribution in [2.45, 2.75) is 26.8 Å². The van der Waals surface area contributed by atoms with Crippen molar-refractivity contribution in [3.05, 3.63) is 47.3 Å². The Labute approximate surface area is 113 Å². The lowest BCUT2D eigenvalue weighted by molar-refractivity contribution is 0.103. The second kappa shape index (κ2) is 5.69. The molecular formula is C15H18N2O2. The molecule has 0 saturated heterocycles. The number of methoxy groups -OCH3 is 1. The maximum atomic E-state index is 12.5. The molecule has 0 atom stereocenters. The fourth-order valence-electron chi connectivity index (χ4n) is 1.99. The molecule has 1 aromatic heterocycles. The molecule has 0 N–H and O–H groups in total. The molecule has 1 heterocycles. The van der Waals surface area contributed by atoms with Gasteiger partial charge >= 0.3 is 0 Å². The van der Waals surface area contributed by atoms with Crippen molar-refractivity contribution in [2.75, 3.05) is 7.11 Å². The van der Waals surface area contributed by atoms with Crippen LogP contribution < -0.4 is 4.74 Å². The van der Waals surface area contributed by atoms with Gasteiger partial charge in [0.1, 0.15) is 5.75 Å². The number of rotatable bonds is 5. The summed E-state index contributed by atoms with van der Waals surface area (Å²) in [4.78, 5) is 12.5. The van der Waals surface area contributed by atoms with Crippen LogP contribution in [-0.4, -0.2) is 22.7 Å². The lowest BCUT2D eigenvalue weighted by Crippen LogP contribution is -2.04. The van der Waals surface area contributed by atoms with Crippen molar-refractivity contribution in [3.63, 3.8) is 0 Å². The van der Waals surface area contributed by atoms with E-state index in [-0.39, 0.29) is 5.78 Å². The number of benzene rings is 1. The highest BCUT2D eigenvalue weighted by Crippen LogP contribution is 2.22. The Morgan fingerprint density at radius 3 is 2.89 bits per heavy atom. The first-order valence-corrected chi connectivity index (χ1v) is 6.37. The summed E-state index contributed by atoms with van der Waals surface area (Å²) in [5.41, 5.74) is 2.21. The van der Waals surface area contributed by atoms with E-state index in [9.17, 15) is 4.79 Å². The minimum atomic E-state index is -0.0529. The van der Waals surface area contributed by atoms with Gasteiger partial charge in [0.2, 0.25) is 0 Å². The Morgan fingerprint density at radius 1 is 1.42 bits per heavy atom. The normalized spacial score (nSPS) is 10.5. The number of aryl methyl sites for hydroxylation is 2. The topological polar surface area (TPSA) is 44.1 Å². The highest BCUT2D eigenvalue weighted by atomic mass is 16.5. The lowest BCUT2D eigenvalue weighted by Gasteiger charge is -2.07. The summed E-state index contributed by atoms with van der Waals surface area (Å²) in [5.74, 6) is 0.543. The third kappa shape index (κ3) is 2.84. The quantitative estimate of drug-likeness (QED) is 0.775. The number of hydrogen-bond donors (Lipinski definition) is 0. The maximum absolute atomic E-state index is 12.5. The number of ether oxygens (including phenoxy) is 1. The summed E-state index contributed by atoms with van der Waals surface area (Å²) >= 11 is 0. The van der Waals surface area contributed by atoms with E-state index in [1.54, 1.807) is 24.2 Å². The molecule has 19 heavy (non-hydrogen) atoms. The molecule has 4 heteroatoms. The standard InChI is InChI=1S/C15H18N2O2/c1-4-7-17-10-12(9-16-17)15(18)13-8-11(2)5-6-14(13)19-3/h5-6,8-10H,4,7H2,1-3H3. The molecule has 0 bridgehead atoms. The minimum Gasteiger partial charge on any atom is -0.496 e. The van der Waals surface area contributed by atoms with E-state index >= 15 is 0 Å². The fraction of sp³-hybridized carbons (Fsp3) is 0.333. The van der Waals surface area contributed by atoms with Gasteiger partial charge in [-0.05, 0) is 25.5 Å². The predicted octanol–water partition coefficient (Wildman–Crippen LogP) is 2.84. The first-order chi connectivity index (χ1) is 9.15. The van der Waals surface area contributed by atoms with Gasteiger partial charge < -0.3 is 4.74 Å². The van der Waals surface area contributed by atoms with Crippen molar-refractivity contribution >= 4 is 5.78 Å². The van der Waals surface area contributed by atoms with Crippen LogP contribution in [0.4, 0.5) is 0 Å². The highest BCUT2D eigenvalue weighted by molar-refractivity contribution is 6.10. The summed E-state index contributed by atoms with van der Waals surface area (Å²) < 4.78 is 7.04. The number of hydrogen-bond acceptors (Lipinski definition) is 3. The second-order valence-electron chi connectivity index (χ2n) is 4.52. The van der Waals surface area contributed by atoms with Gasteiger partial charge in [0.05, 0.1) is 24.4 Å². The van der Waals surface area contributed by atoms with Crippen molar-refractivity contribution < 1.29 is 9.53 Å². The fourth-order valence-corrected chi connectivity index (χ4v) is 1.99. The van der Waals surface area contributed by atoms with Crippen LogP contribution in [0.25, 0.3) is 0 Å². The molecular weight excluding hydrogens is 240 g/mol. The Bertz CT molecular complexity index is 588. The molecule has 0 amide bonds. The van der Waals surface area contributed by atoms with Crippen LogP contribution in [0.1, 0.15) is 34.8 Å². The van der Waals surface area contributed by atoms with E-state index < -0.39 is 0 Å². The zero-order valence-electron chi connectivity index (χ0n) is 11.5. The molecule has 0 fully saturated rings. The summed E-state index contributed by atoms with van der Waals surface area (Å²) in [5, 5.41) is 4.19. The molecule has 0 saturated carbocycles. The van der Waals surface area contributed by atoms with E-state index in [1.807, 2.05) is 25.1 Å². The van der Waals surface area contributed by atoms with Gasteiger partial charge in [-0.15, -0.1) is 0 Å². The third-order valence-corrected chi connectivity index (χ3v) is 2.95. The van der Waals surface area contributed by atoms with Crippen LogP contribution in [0.5, 0.6) is 5.75 Å². The zero-order valence-corrected chi connectivity index (χ0v) is 11.5. The first kappa shape index (κ1) is 13.3. The molecule has 100 valence electrons. The van der Waals surface area contributed by atoms with Gasteiger partial charge in [0.15, 0.2) is 5.78 Å². The van der Waals surface area contributed by atoms with Gasteiger partial charge in [0, 0.05) is 12.7 Å². The molecule has 1 aromatic carbocycles. The van der Waals surface area contributed by atoms with Gasteiger partial charge in [-0.3, -0.25) is 9.48 Å². The highest BCUT2D eigenvalue weighted by Gasteiger charge is 2.16. The second-order valence-corrected chi connectivity index (χ2v) is 4.52. The average molecular weight is 258 g/mol. The molecule has 0 aliphatic carbocycles. The van der Waals surface area contributed by atoms with Crippen molar-refractivity contribution in [2.24, 2.45) is 0 Å². The molecule has 0 radical (unpaired) electrons. The molecule has 0 spiro atoms. The number of carbonyl (C=O) groups is 1. The van der Waals surface area contributed by atoms with Crippen LogP contribution >= 0.6 is 0 Å². The Hall–Kier alpha value is -2.10. The van der Waals surface area contributed by atoms with E-state index in [0.717, 1.165) is 18.5 Å². The Morgan fingerprint density at radius 2 is 2.21 bits per heavy atom. The molecule has 0 aliphatic heterocycles.